The molecule has 1 saturated heterocycles. The van der Waals surface area contributed by atoms with Crippen LogP contribution < -0.4 is 5.32 Å². The first-order valence-electron chi connectivity index (χ1n) is 6.90. The fourth-order valence-electron chi connectivity index (χ4n) is 2.52. The molecule has 0 unspecified atom stereocenters. The molecule has 122 valence electrons. The molecule has 0 amide bonds. The lowest BCUT2D eigenvalue weighted by atomic mass is 10.2. The molecule has 2 rings (SSSR count). The van der Waals surface area contributed by atoms with Crippen LogP contribution in [0.15, 0.2) is 12.1 Å². The second-order valence-electron chi connectivity index (χ2n) is 5.30. The molecule has 0 aromatic carbocycles. The van der Waals surface area contributed by atoms with Gasteiger partial charge in [-0.15, -0.1) is 0 Å². The van der Waals surface area contributed by atoms with Gasteiger partial charge in [-0.2, -0.15) is 13.2 Å². The van der Waals surface area contributed by atoms with E-state index in [0.29, 0.717) is 36.6 Å². The number of nitrogens with one attached hydrogen (secondary N) is 1. The van der Waals surface area contributed by atoms with Gasteiger partial charge in [-0.3, -0.25) is 4.90 Å². The number of ether oxygens (including phenoxy) is 1. The summed E-state index contributed by atoms with van der Waals surface area (Å²) in [4.78, 5) is 17.1. The molecular formula is C14H18F3N3O2. The Morgan fingerprint density at radius 1 is 1.50 bits per heavy atom. The van der Waals surface area contributed by atoms with Crippen molar-refractivity contribution in [3.63, 3.8) is 0 Å². The maximum atomic E-state index is 12.3. The third kappa shape index (κ3) is 4.33. The summed E-state index contributed by atoms with van der Waals surface area (Å²) >= 11 is 0. The second-order valence-corrected chi connectivity index (χ2v) is 5.30. The van der Waals surface area contributed by atoms with E-state index in [1.165, 1.54) is 12.0 Å². The van der Waals surface area contributed by atoms with Crippen molar-refractivity contribution < 1.29 is 22.7 Å². The number of aryl methyl sites for hydroxylation is 1. The molecule has 1 N–H and O–H groups in total. The molecule has 1 aliphatic rings. The third-order valence-electron chi connectivity index (χ3n) is 3.52. The fraction of sp³-hybridized carbons (Fsp3) is 0.571. The molecule has 0 saturated carbocycles. The lowest BCUT2D eigenvalue weighted by Gasteiger charge is -2.18. The van der Waals surface area contributed by atoms with Crippen LogP contribution in [0.5, 0.6) is 0 Å². The number of pyridine rings is 1. The molecular weight excluding hydrogens is 299 g/mol. The van der Waals surface area contributed by atoms with E-state index >= 15 is 0 Å². The highest BCUT2D eigenvalue weighted by Crippen LogP contribution is 2.21. The number of anilines is 1. The van der Waals surface area contributed by atoms with Gasteiger partial charge in [0.05, 0.1) is 24.9 Å². The highest BCUT2D eigenvalue weighted by Gasteiger charge is 2.34. The zero-order chi connectivity index (χ0) is 16.3. The third-order valence-corrected chi connectivity index (χ3v) is 3.52. The minimum Gasteiger partial charge on any atom is -0.465 e. The fourth-order valence-corrected chi connectivity index (χ4v) is 2.52. The molecule has 1 atom stereocenters. The summed E-state index contributed by atoms with van der Waals surface area (Å²) in [5.41, 5.74) is 0.889. The molecule has 8 heteroatoms. The molecule has 0 bridgehead atoms. The summed E-state index contributed by atoms with van der Waals surface area (Å²) in [6.45, 7) is 1.51. The number of esters is 1. The maximum absolute atomic E-state index is 12.3. The molecule has 0 aliphatic carbocycles. The summed E-state index contributed by atoms with van der Waals surface area (Å²) in [5.74, 6) is 0.0813. The largest absolute Gasteiger partial charge is 0.465 e. The Bertz CT molecular complexity index is 549. The number of hydrogen-bond donors (Lipinski definition) is 1. The summed E-state index contributed by atoms with van der Waals surface area (Å²) in [6, 6.07) is 3.14. The predicted octanol–water partition coefficient (Wildman–Crippen LogP) is 2.23. The molecule has 0 radical (unpaired) electrons. The van der Waals surface area contributed by atoms with Gasteiger partial charge in [-0.25, -0.2) is 9.78 Å². The van der Waals surface area contributed by atoms with Crippen LogP contribution in [-0.2, 0) is 4.74 Å². The zero-order valence-corrected chi connectivity index (χ0v) is 12.4. The van der Waals surface area contributed by atoms with E-state index in [2.05, 4.69) is 15.0 Å². The van der Waals surface area contributed by atoms with E-state index in [-0.39, 0.29) is 6.04 Å². The number of alkyl halides is 3. The molecule has 1 fully saturated rings. The number of halogens is 3. The van der Waals surface area contributed by atoms with Crippen LogP contribution in [0.1, 0.15) is 22.5 Å². The first-order chi connectivity index (χ1) is 10.3. The van der Waals surface area contributed by atoms with Gasteiger partial charge in [0, 0.05) is 19.1 Å². The van der Waals surface area contributed by atoms with Gasteiger partial charge in [-0.05, 0) is 25.5 Å². The molecule has 1 aromatic rings. The summed E-state index contributed by atoms with van der Waals surface area (Å²) in [7, 11) is 1.29. The molecule has 22 heavy (non-hydrogen) atoms. The van der Waals surface area contributed by atoms with E-state index in [1.807, 2.05) is 0 Å². The first kappa shape index (κ1) is 16.5. The van der Waals surface area contributed by atoms with Crippen molar-refractivity contribution in [2.24, 2.45) is 0 Å². The Morgan fingerprint density at radius 3 is 2.82 bits per heavy atom. The van der Waals surface area contributed by atoms with Crippen LogP contribution in [0.3, 0.4) is 0 Å². The number of carbonyl (C=O) groups excluding carboxylic acids is 1. The Labute approximate surface area is 126 Å². The van der Waals surface area contributed by atoms with E-state index in [4.69, 9.17) is 0 Å². The van der Waals surface area contributed by atoms with Crippen LogP contribution in [-0.4, -0.2) is 54.8 Å². The highest BCUT2D eigenvalue weighted by molar-refractivity contribution is 5.90. The normalized spacial score (nSPS) is 19.2. The van der Waals surface area contributed by atoms with Crippen molar-refractivity contribution >= 4 is 11.8 Å². The van der Waals surface area contributed by atoms with Crippen molar-refractivity contribution in [3.05, 3.63) is 23.4 Å². The minimum absolute atomic E-state index is 0.0850. The second kappa shape index (κ2) is 6.51. The summed E-state index contributed by atoms with van der Waals surface area (Å²) in [5, 5.41) is 3.11. The highest BCUT2D eigenvalue weighted by atomic mass is 19.4. The molecule has 1 aliphatic heterocycles. The van der Waals surface area contributed by atoms with Crippen molar-refractivity contribution in [3.8, 4) is 0 Å². The first-order valence-corrected chi connectivity index (χ1v) is 6.90. The molecule has 5 nitrogen and oxygen atoms in total. The molecule has 2 heterocycles. The van der Waals surface area contributed by atoms with Gasteiger partial charge in [0.25, 0.3) is 0 Å². The lowest BCUT2D eigenvalue weighted by Crippen LogP contribution is -2.34. The van der Waals surface area contributed by atoms with E-state index < -0.39 is 18.7 Å². The Morgan fingerprint density at radius 2 is 2.23 bits per heavy atom. The smallest absolute Gasteiger partial charge is 0.401 e. The SMILES string of the molecule is COC(=O)c1ccc(N[C@@H]2CCN(CC(F)(F)F)C2)nc1C. The monoisotopic (exact) mass is 317 g/mol. The summed E-state index contributed by atoms with van der Waals surface area (Å²) < 4.78 is 41.7. The van der Waals surface area contributed by atoms with E-state index in [9.17, 15) is 18.0 Å². The quantitative estimate of drug-likeness (QED) is 0.863. The number of hydrogen-bond acceptors (Lipinski definition) is 5. The number of carbonyl (C=O) groups is 1. The number of nitrogens with zero attached hydrogens (tertiary/aromatic N) is 2. The Kier molecular flexibility index (Phi) is 4.90. The number of likely N-dealkylation sites (tertiary alicyclic amines) is 1. The number of aromatic nitrogens is 1. The van der Waals surface area contributed by atoms with Crippen molar-refractivity contribution in [2.75, 3.05) is 32.1 Å². The van der Waals surface area contributed by atoms with Crippen molar-refractivity contribution in [1.29, 1.82) is 0 Å². The average Bonchev–Trinajstić information content (AvgIpc) is 2.83. The van der Waals surface area contributed by atoms with Gasteiger partial charge < -0.3 is 10.1 Å². The van der Waals surface area contributed by atoms with Crippen LogP contribution in [0.25, 0.3) is 0 Å². The Balaban J connectivity index is 1.95. The Hall–Kier alpha value is -1.83. The predicted molar refractivity (Wildman–Crippen MR) is 74.8 cm³/mol. The topological polar surface area (TPSA) is 54.5 Å². The maximum Gasteiger partial charge on any atom is 0.401 e. The van der Waals surface area contributed by atoms with Crippen LogP contribution >= 0.6 is 0 Å². The van der Waals surface area contributed by atoms with Crippen LogP contribution in [0.4, 0.5) is 19.0 Å². The van der Waals surface area contributed by atoms with Crippen LogP contribution in [0, 0.1) is 6.92 Å². The van der Waals surface area contributed by atoms with Crippen LogP contribution in [0.2, 0.25) is 0 Å². The van der Waals surface area contributed by atoms with Gasteiger partial charge in [0.2, 0.25) is 0 Å². The van der Waals surface area contributed by atoms with E-state index in [1.54, 1.807) is 19.1 Å². The van der Waals surface area contributed by atoms with Gasteiger partial charge >= 0.3 is 12.1 Å². The van der Waals surface area contributed by atoms with Gasteiger partial charge in [0.15, 0.2) is 0 Å². The standard InChI is InChI=1S/C14H18F3N3O2/c1-9-11(13(21)22-2)3-4-12(18-9)19-10-5-6-20(7-10)8-14(15,16)17/h3-4,10H,5-8H2,1-2H3,(H,18,19)/t10-/m1/s1. The summed E-state index contributed by atoms with van der Waals surface area (Å²) in [6.07, 6.45) is -3.55. The van der Waals surface area contributed by atoms with Crippen molar-refractivity contribution in [2.45, 2.75) is 25.6 Å². The lowest BCUT2D eigenvalue weighted by molar-refractivity contribution is -0.143. The average molecular weight is 317 g/mol. The van der Waals surface area contributed by atoms with E-state index in [0.717, 1.165) is 0 Å². The zero-order valence-electron chi connectivity index (χ0n) is 12.4. The molecule has 1 aromatic heterocycles. The van der Waals surface area contributed by atoms with Gasteiger partial charge in [-0.1, -0.05) is 0 Å². The number of methoxy groups -OCH3 is 1. The molecule has 0 spiro atoms. The minimum atomic E-state index is -4.17. The van der Waals surface area contributed by atoms with Gasteiger partial charge in [0.1, 0.15) is 5.82 Å². The number of rotatable bonds is 4. The van der Waals surface area contributed by atoms with Crippen molar-refractivity contribution in [1.82, 2.24) is 9.88 Å².